The van der Waals surface area contributed by atoms with Crippen LogP contribution in [0.2, 0.25) is 0 Å². The van der Waals surface area contributed by atoms with Crippen LogP contribution < -0.4 is 5.32 Å². The molecule has 2 aromatic carbocycles. The fourth-order valence-corrected chi connectivity index (χ4v) is 3.37. The van der Waals surface area contributed by atoms with Gasteiger partial charge in [-0.3, -0.25) is 9.59 Å². The van der Waals surface area contributed by atoms with Crippen molar-refractivity contribution in [3.63, 3.8) is 0 Å². The summed E-state index contributed by atoms with van der Waals surface area (Å²) in [6, 6.07) is 18.9. The van der Waals surface area contributed by atoms with Gasteiger partial charge >= 0.3 is 11.9 Å². The number of nitrogens with one attached hydrogen (secondary N) is 1. The average Bonchev–Trinajstić information content (AvgIpc) is 2.93. The molecule has 0 saturated carbocycles. The average molecular weight is 528 g/mol. The summed E-state index contributed by atoms with van der Waals surface area (Å²) in [5.74, 6) is -1.61. The van der Waals surface area contributed by atoms with E-state index in [2.05, 4.69) is 5.32 Å². The molecule has 1 amide bonds. The van der Waals surface area contributed by atoms with Crippen LogP contribution in [0, 0.1) is 0 Å². The summed E-state index contributed by atoms with van der Waals surface area (Å²) in [5, 5.41) is 2.71. The quantitative estimate of drug-likeness (QED) is 0.205. The van der Waals surface area contributed by atoms with Crippen LogP contribution in [0.1, 0.15) is 49.7 Å². The second-order valence-corrected chi connectivity index (χ2v) is 8.68. The number of ketones is 1. The van der Waals surface area contributed by atoms with E-state index in [-0.39, 0.29) is 38.1 Å². The highest BCUT2D eigenvalue weighted by molar-refractivity contribution is 5.82. The lowest BCUT2D eigenvalue weighted by Gasteiger charge is -2.07. The Hall–Kier alpha value is -3.56. The molecule has 0 fully saturated rings. The summed E-state index contributed by atoms with van der Waals surface area (Å²) in [5.41, 5.74) is 1.91. The third-order valence-corrected chi connectivity index (χ3v) is 5.38. The lowest BCUT2D eigenvalue weighted by molar-refractivity contribution is -0.153. The minimum Gasteiger partial charge on any atom is -0.456 e. The summed E-state index contributed by atoms with van der Waals surface area (Å²) in [4.78, 5) is 47.0. The second-order valence-electron chi connectivity index (χ2n) is 8.68. The molecule has 9 nitrogen and oxygen atoms in total. The van der Waals surface area contributed by atoms with Crippen LogP contribution in [-0.4, -0.2) is 56.6 Å². The van der Waals surface area contributed by atoms with Crippen molar-refractivity contribution in [2.75, 3.05) is 33.0 Å². The Morgan fingerprint density at radius 3 is 1.66 bits per heavy atom. The molecule has 38 heavy (non-hydrogen) atoms. The molecule has 0 bridgehead atoms. The molecule has 0 aromatic heterocycles. The zero-order valence-corrected chi connectivity index (χ0v) is 21.7. The Morgan fingerprint density at radius 2 is 1.08 bits per heavy atom. The maximum atomic E-state index is 11.9. The topological polar surface area (TPSA) is 117 Å². The van der Waals surface area contributed by atoms with E-state index in [0.29, 0.717) is 26.2 Å². The standard InChI is InChI=1S/C29H37NO8/c31-26(20-37-28(33)22-35-18-24-12-6-4-7-13-24)16-10-2-1-3-11-17-30-27(32)21-38-29(34)23-36-19-25-14-8-5-9-15-25/h4-9,12-15H,1-3,10-11,16-23H2,(H,30,32). The molecule has 206 valence electrons. The lowest BCUT2D eigenvalue weighted by Crippen LogP contribution is -2.30. The van der Waals surface area contributed by atoms with Gasteiger partial charge in [-0.15, -0.1) is 0 Å². The molecule has 0 aliphatic rings. The minimum absolute atomic E-state index is 0.117. The molecule has 1 N–H and O–H groups in total. The normalized spacial score (nSPS) is 10.5. The molecule has 0 aliphatic heterocycles. The number of unbranched alkanes of at least 4 members (excludes halogenated alkanes) is 4. The predicted octanol–water partition coefficient (Wildman–Crippen LogP) is 3.53. The number of amides is 1. The van der Waals surface area contributed by atoms with Gasteiger partial charge in [-0.25, -0.2) is 9.59 Å². The second kappa shape index (κ2) is 19.5. The largest absolute Gasteiger partial charge is 0.456 e. The van der Waals surface area contributed by atoms with Gasteiger partial charge in [-0.1, -0.05) is 79.9 Å². The summed E-state index contributed by atoms with van der Waals surface area (Å²) < 4.78 is 20.4. The van der Waals surface area contributed by atoms with Gasteiger partial charge in [-0.05, 0) is 24.0 Å². The molecular weight excluding hydrogens is 490 g/mol. The number of hydrogen-bond acceptors (Lipinski definition) is 8. The van der Waals surface area contributed by atoms with Crippen molar-refractivity contribution >= 4 is 23.6 Å². The molecule has 0 spiro atoms. The number of esters is 2. The fraction of sp³-hybridized carbons (Fsp3) is 0.448. The molecule has 0 aliphatic carbocycles. The van der Waals surface area contributed by atoms with Gasteiger partial charge in [0.15, 0.2) is 12.4 Å². The summed E-state index contributed by atoms with van der Waals surface area (Å²) in [6.45, 7) is 0.131. The first kappa shape index (κ1) is 30.7. The van der Waals surface area contributed by atoms with E-state index in [9.17, 15) is 19.2 Å². The Morgan fingerprint density at radius 1 is 0.579 bits per heavy atom. The highest BCUT2D eigenvalue weighted by Crippen LogP contribution is 2.06. The molecular formula is C29H37NO8. The molecule has 2 aromatic rings. The van der Waals surface area contributed by atoms with Gasteiger partial charge < -0.3 is 24.3 Å². The van der Waals surface area contributed by atoms with E-state index in [0.717, 1.165) is 43.2 Å². The molecule has 0 heterocycles. The zero-order valence-electron chi connectivity index (χ0n) is 21.7. The van der Waals surface area contributed by atoms with E-state index in [4.69, 9.17) is 18.9 Å². The van der Waals surface area contributed by atoms with Gasteiger partial charge in [0, 0.05) is 13.0 Å². The van der Waals surface area contributed by atoms with Gasteiger partial charge in [0.05, 0.1) is 13.2 Å². The van der Waals surface area contributed by atoms with Crippen LogP contribution in [0.5, 0.6) is 0 Å². The first-order valence-corrected chi connectivity index (χ1v) is 12.9. The zero-order chi connectivity index (χ0) is 27.3. The third kappa shape index (κ3) is 15.5. The molecule has 9 heteroatoms. The van der Waals surface area contributed by atoms with Crippen molar-refractivity contribution in [3.05, 3.63) is 71.8 Å². The highest BCUT2D eigenvalue weighted by Gasteiger charge is 2.09. The predicted molar refractivity (Wildman–Crippen MR) is 140 cm³/mol. The van der Waals surface area contributed by atoms with Gasteiger partial charge in [0.25, 0.3) is 5.91 Å². The van der Waals surface area contributed by atoms with E-state index in [1.54, 1.807) is 0 Å². The number of benzene rings is 2. The van der Waals surface area contributed by atoms with Crippen LogP contribution in [0.4, 0.5) is 0 Å². The van der Waals surface area contributed by atoms with Crippen LogP contribution in [0.3, 0.4) is 0 Å². The molecule has 2 rings (SSSR count). The fourth-order valence-electron chi connectivity index (χ4n) is 3.37. The van der Waals surface area contributed by atoms with Crippen molar-refractivity contribution in [2.24, 2.45) is 0 Å². The lowest BCUT2D eigenvalue weighted by atomic mass is 10.1. The van der Waals surface area contributed by atoms with Gasteiger partial charge in [-0.2, -0.15) is 0 Å². The van der Waals surface area contributed by atoms with Crippen LogP contribution >= 0.6 is 0 Å². The smallest absolute Gasteiger partial charge is 0.332 e. The Balaban J connectivity index is 1.35. The van der Waals surface area contributed by atoms with E-state index in [1.807, 2.05) is 60.7 Å². The van der Waals surface area contributed by atoms with Crippen molar-refractivity contribution in [2.45, 2.75) is 51.7 Å². The summed E-state index contributed by atoms with van der Waals surface area (Å²) in [7, 11) is 0. The van der Waals surface area contributed by atoms with Crippen LogP contribution in [0.15, 0.2) is 60.7 Å². The SMILES string of the molecule is O=C(CCCCCCCNC(=O)COC(=O)COCc1ccccc1)COC(=O)COCc1ccccc1. The van der Waals surface area contributed by atoms with E-state index in [1.165, 1.54) is 0 Å². The maximum absolute atomic E-state index is 11.9. The summed E-state index contributed by atoms with van der Waals surface area (Å²) >= 11 is 0. The third-order valence-electron chi connectivity index (χ3n) is 5.38. The molecule has 0 saturated heterocycles. The molecule has 0 unspecified atom stereocenters. The number of Topliss-reactive ketones (excluding diaryl/α,β-unsaturated/α-hetero) is 1. The first-order chi connectivity index (χ1) is 18.5. The monoisotopic (exact) mass is 527 g/mol. The number of carbonyl (C=O) groups is 4. The summed E-state index contributed by atoms with van der Waals surface area (Å²) in [6.07, 6.45) is 4.55. The number of hydrogen-bond donors (Lipinski definition) is 1. The Bertz CT molecular complexity index is 886. The first-order valence-electron chi connectivity index (χ1n) is 12.9. The van der Waals surface area contributed by atoms with Crippen molar-refractivity contribution in [1.82, 2.24) is 5.32 Å². The van der Waals surface area contributed by atoms with Gasteiger partial charge in [0.2, 0.25) is 0 Å². The molecule has 0 atom stereocenters. The Kier molecular flexibility index (Phi) is 15.8. The number of carbonyl (C=O) groups excluding carboxylic acids is 4. The van der Waals surface area contributed by atoms with Crippen LogP contribution in [0.25, 0.3) is 0 Å². The number of ether oxygens (including phenoxy) is 4. The van der Waals surface area contributed by atoms with Crippen molar-refractivity contribution in [1.29, 1.82) is 0 Å². The maximum Gasteiger partial charge on any atom is 0.332 e. The van der Waals surface area contributed by atoms with Crippen LogP contribution in [-0.2, 0) is 51.3 Å². The van der Waals surface area contributed by atoms with E-state index < -0.39 is 11.9 Å². The Labute approximate surface area is 223 Å². The minimum atomic E-state index is -0.586. The number of rotatable bonds is 20. The highest BCUT2D eigenvalue weighted by atomic mass is 16.6. The van der Waals surface area contributed by atoms with Crippen molar-refractivity contribution in [3.8, 4) is 0 Å². The van der Waals surface area contributed by atoms with Crippen molar-refractivity contribution < 1.29 is 38.1 Å². The molecule has 0 radical (unpaired) electrons. The van der Waals surface area contributed by atoms with E-state index >= 15 is 0 Å². The van der Waals surface area contributed by atoms with Gasteiger partial charge in [0.1, 0.15) is 19.8 Å².